The molecule has 0 saturated heterocycles. The van der Waals surface area contributed by atoms with Crippen molar-refractivity contribution in [1.82, 2.24) is 4.90 Å². The Kier molecular flexibility index (Phi) is 4.14. The van der Waals surface area contributed by atoms with E-state index in [0.717, 1.165) is 0 Å². The van der Waals surface area contributed by atoms with Gasteiger partial charge in [0.15, 0.2) is 0 Å². The smallest absolute Gasteiger partial charge is 0.0674 e. The number of rotatable bonds is 3. The van der Waals surface area contributed by atoms with Crippen LogP contribution in [0.3, 0.4) is 0 Å². The molecule has 0 heterocycles. The van der Waals surface area contributed by atoms with Crippen molar-refractivity contribution in [2.75, 3.05) is 14.1 Å². The van der Waals surface area contributed by atoms with Crippen LogP contribution in [0.2, 0.25) is 0 Å². The average Bonchev–Trinajstić information content (AvgIpc) is 1.88. The summed E-state index contributed by atoms with van der Waals surface area (Å²) < 4.78 is 0. The van der Waals surface area contributed by atoms with Crippen molar-refractivity contribution in [3.63, 3.8) is 0 Å². The molecule has 0 amide bonds. The molecule has 0 rings (SSSR count). The molecule has 0 fully saturated rings. The maximum absolute atomic E-state index is 8.84. The summed E-state index contributed by atoms with van der Waals surface area (Å²) in [5.74, 6) is 0.586. The average molecular weight is 154 g/mol. The van der Waals surface area contributed by atoms with Gasteiger partial charge in [0.25, 0.3) is 0 Å². The first kappa shape index (κ1) is 10.4. The fourth-order valence-electron chi connectivity index (χ4n) is 1.14. The molecule has 0 saturated carbocycles. The second-order valence-electron chi connectivity index (χ2n) is 3.60. The van der Waals surface area contributed by atoms with Gasteiger partial charge in [-0.05, 0) is 26.9 Å². The summed E-state index contributed by atoms with van der Waals surface area (Å²) in [7, 11) is 4.02. The van der Waals surface area contributed by atoms with Crippen LogP contribution >= 0.6 is 0 Å². The number of hydrogen-bond donors (Lipinski definition) is 0. The molecule has 0 spiro atoms. The fraction of sp³-hybridized carbons (Fsp3) is 0.889. The lowest BCUT2D eigenvalue weighted by molar-refractivity contribution is 0.225. The van der Waals surface area contributed by atoms with Crippen molar-refractivity contribution >= 4 is 0 Å². The second kappa shape index (κ2) is 4.35. The summed E-state index contributed by atoms with van der Waals surface area (Å²) >= 11 is 0. The van der Waals surface area contributed by atoms with Crippen molar-refractivity contribution in [3.05, 3.63) is 0 Å². The SMILES string of the molecule is CC(C)C(C#N)C(C)N(C)C. The zero-order valence-electron chi connectivity index (χ0n) is 8.13. The highest BCUT2D eigenvalue weighted by atomic mass is 15.1. The zero-order chi connectivity index (χ0) is 9.02. The maximum Gasteiger partial charge on any atom is 0.0674 e. The summed E-state index contributed by atoms with van der Waals surface area (Å²) in [4.78, 5) is 2.09. The van der Waals surface area contributed by atoms with Gasteiger partial charge >= 0.3 is 0 Å². The summed E-state index contributed by atoms with van der Waals surface area (Å²) in [6.07, 6.45) is 0. The monoisotopic (exact) mass is 154 g/mol. The van der Waals surface area contributed by atoms with Gasteiger partial charge in [0, 0.05) is 6.04 Å². The van der Waals surface area contributed by atoms with E-state index in [2.05, 4.69) is 31.7 Å². The van der Waals surface area contributed by atoms with Crippen LogP contribution in [-0.2, 0) is 0 Å². The van der Waals surface area contributed by atoms with Crippen molar-refractivity contribution < 1.29 is 0 Å². The first-order chi connectivity index (χ1) is 5.00. The van der Waals surface area contributed by atoms with Crippen molar-refractivity contribution in [1.29, 1.82) is 5.26 Å². The number of nitrogens with zero attached hydrogens (tertiary/aromatic N) is 2. The highest BCUT2D eigenvalue weighted by Gasteiger charge is 2.21. The first-order valence-electron chi connectivity index (χ1n) is 4.06. The van der Waals surface area contributed by atoms with Crippen LogP contribution in [0.4, 0.5) is 0 Å². The number of nitriles is 1. The molecular formula is C9H18N2. The maximum atomic E-state index is 8.84. The van der Waals surface area contributed by atoms with E-state index in [1.54, 1.807) is 0 Å². The Labute approximate surface area is 69.8 Å². The topological polar surface area (TPSA) is 27.0 Å². The molecule has 0 aromatic carbocycles. The van der Waals surface area contributed by atoms with Gasteiger partial charge in [-0.15, -0.1) is 0 Å². The predicted molar refractivity (Wildman–Crippen MR) is 47.1 cm³/mol. The summed E-state index contributed by atoms with van der Waals surface area (Å²) in [5.41, 5.74) is 0. The quantitative estimate of drug-likeness (QED) is 0.619. The van der Waals surface area contributed by atoms with Crippen LogP contribution in [0.15, 0.2) is 0 Å². The fourth-order valence-corrected chi connectivity index (χ4v) is 1.14. The van der Waals surface area contributed by atoms with E-state index < -0.39 is 0 Å². The van der Waals surface area contributed by atoms with Crippen molar-refractivity contribution in [2.45, 2.75) is 26.8 Å². The van der Waals surface area contributed by atoms with Gasteiger partial charge in [0.2, 0.25) is 0 Å². The van der Waals surface area contributed by atoms with E-state index >= 15 is 0 Å². The summed E-state index contributed by atoms with van der Waals surface area (Å²) in [6, 6.07) is 2.69. The molecule has 0 aliphatic carbocycles. The third-order valence-corrected chi connectivity index (χ3v) is 2.20. The molecule has 0 aromatic rings. The van der Waals surface area contributed by atoms with Crippen LogP contribution in [0.5, 0.6) is 0 Å². The minimum absolute atomic E-state index is 0.144. The van der Waals surface area contributed by atoms with Gasteiger partial charge in [-0.3, -0.25) is 0 Å². The minimum Gasteiger partial charge on any atom is -0.305 e. The Hall–Kier alpha value is -0.550. The van der Waals surface area contributed by atoms with E-state index in [0.29, 0.717) is 12.0 Å². The van der Waals surface area contributed by atoms with E-state index in [1.165, 1.54) is 0 Å². The van der Waals surface area contributed by atoms with Crippen LogP contribution in [-0.4, -0.2) is 25.0 Å². The largest absolute Gasteiger partial charge is 0.305 e. The van der Waals surface area contributed by atoms with E-state index in [-0.39, 0.29) is 5.92 Å². The normalized spacial score (nSPS) is 16.5. The molecule has 2 heteroatoms. The van der Waals surface area contributed by atoms with Crippen LogP contribution < -0.4 is 0 Å². The molecule has 0 N–H and O–H groups in total. The zero-order valence-corrected chi connectivity index (χ0v) is 8.13. The molecule has 64 valence electrons. The Balaban J connectivity index is 4.17. The highest BCUT2D eigenvalue weighted by molar-refractivity contribution is 4.91. The summed E-state index contributed by atoms with van der Waals surface area (Å²) in [5, 5.41) is 8.84. The number of hydrogen-bond acceptors (Lipinski definition) is 2. The molecule has 0 radical (unpaired) electrons. The Bertz CT molecular complexity index is 144. The Morgan fingerprint density at radius 3 is 1.73 bits per heavy atom. The third kappa shape index (κ3) is 2.90. The molecular weight excluding hydrogens is 136 g/mol. The molecule has 0 aromatic heterocycles. The van der Waals surface area contributed by atoms with Crippen LogP contribution in [0, 0.1) is 23.2 Å². The van der Waals surface area contributed by atoms with Gasteiger partial charge in [-0.2, -0.15) is 5.26 Å². The first-order valence-corrected chi connectivity index (χ1v) is 4.06. The lowest BCUT2D eigenvalue weighted by Gasteiger charge is -2.26. The molecule has 11 heavy (non-hydrogen) atoms. The lowest BCUT2D eigenvalue weighted by atomic mass is 9.90. The van der Waals surface area contributed by atoms with E-state index in [4.69, 9.17) is 5.26 Å². The van der Waals surface area contributed by atoms with Crippen molar-refractivity contribution in [3.8, 4) is 6.07 Å². The van der Waals surface area contributed by atoms with E-state index in [1.807, 2.05) is 14.1 Å². The van der Waals surface area contributed by atoms with Gasteiger partial charge in [0.1, 0.15) is 0 Å². The highest BCUT2D eigenvalue weighted by Crippen LogP contribution is 2.16. The van der Waals surface area contributed by atoms with Gasteiger partial charge < -0.3 is 4.90 Å². The molecule has 0 aliphatic heterocycles. The van der Waals surface area contributed by atoms with Gasteiger partial charge in [-0.25, -0.2) is 0 Å². The molecule has 0 aliphatic rings. The molecule has 0 bridgehead atoms. The minimum atomic E-state index is 0.144. The lowest BCUT2D eigenvalue weighted by Crippen LogP contribution is -2.34. The van der Waals surface area contributed by atoms with Crippen molar-refractivity contribution in [2.24, 2.45) is 11.8 Å². The molecule has 2 unspecified atom stereocenters. The summed E-state index contributed by atoms with van der Waals surface area (Å²) in [6.45, 7) is 6.27. The standard InChI is InChI=1S/C9H18N2/c1-7(2)9(6-10)8(3)11(4)5/h7-9H,1-5H3. The second-order valence-corrected chi connectivity index (χ2v) is 3.60. The predicted octanol–water partition coefficient (Wildman–Crippen LogP) is 1.73. The van der Waals surface area contributed by atoms with Gasteiger partial charge in [0.05, 0.1) is 12.0 Å². The van der Waals surface area contributed by atoms with Gasteiger partial charge in [-0.1, -0.05) is 13.8 Å². The van der Waals surface area contributed by atoms with Crippen LogP contribution in [0.25, 0.3) is 0 Å². The Morgan fingerprint density at radius 2 is 1.64 bits per heavy atom. The molecule has 2 nitrogen and oxygen atoms in total. The van der Waals surface area contributed by atoms with E-state index in [9.17, 15) is 0 Å². The third-order valence-electron chi connectivity index (χ3n) is 2.20. The van der Waals surface area contributed by atoms with Crippen LogP contribution in [0.1, 0.15) is 20.8 Å². The Morgan fingerprint density at radius 1 is 1.18 bits per heavy atom. The molecule has 2 atom stereocenters.